The third-order valence-electron chi connectivity index (χ3n) is 4.89. The van der Waals surface area contributed by atoms with Crippen LogP contribution in [0.25, 0.3) is 10.2 Å². The number of hydrogen-bond acceptors (Lipinski definition) is 5. The fourth-order valence-electron chi connectivity index (χ4n) is 3.30. The van der Waals surface area contributed by atoms with Gasteiger partial charge in [0.05, 0.1) is 24.0 Å². The van der Waals surface area contributed by atoms with E-state index in [0.717, 1.165) is 5.56 Å². The molecule has 162 valence electrons. The number of amides is 2. The van der Waals surface area contributed by atoms with Gasteiger partial charge in [-0.25, -0.2) is 9.37 Å². The van der Waals surface area contributed by atoms with Gasteiger partial charge in [0.1, 0.15) is 17.1 Å². The Labute approximate surface area is 188 Å². The fraction of sp³-hybridized carbons (Fsp3) is 0.125. The average molecular weight is 450 g/mol. The molecule has 0 spiro atoms. The Morgan fingerprint density at radius 2 is 1.78 bits per heavy atom. The maximum Gasteiger partial charge on any atom is 0.257 e. The van der Waals surface area contributed by atoms with Crippen molar-refractivity contribution >= 4 is 44.2 Å². The highest BCUT2D eigenvalue weighted by molar-refractivity contribution is 7.23. The smallest absolute Gasteiger partial charge is 0.257 e. The molecule has 32 heavy (non-hydrogen) atoms. The monoisotopic (exact) mass is 449 g/mol. The minimum Gasteiger partial charge on any atom is -0.494 e. The van der Waals surface area contributed by atoms with Crippen LogP contribution >= 0.6 is 11.3 Å². The lowest BCUT2D eigenvalue weighted by Gasteiger charge is -2.22. The number of thiazole rings is 1. The minimum absolute atomic E-state index is 0.120. The van der Waals surface area contributed by atoms with E-state index in [1.54, 1.807) is 11.0 Å². The quantitative estimate of drug-likeness (QED) is 0.436. The van der Waals surface area contributed by atoms with Gasteiger partial charge in [-0.05, 0) is 42.0 Å². The van der Waals surface area contributed by atoms with Crippen LogP contribution in [-0.2, 0) is 11.3 Å². The van der Waals surface area contributed by atoms with E-state index < -0.39 is 11.7 Å². The molecule has 0 saturated heterocycles. The normalized spacial score (nSPS) is 10.7. The number of ether oxygens (including phenoxy) is 1. The minimum atomic E-state index is -0.418. The van der Waals surface area contributed by atoms with Crippen molar-refractivity contribution < 1.29 is 18.7 Å². The van der Waals surface area contributed by atoms with E-state index in [-0.39, 0.29) is 5.91 Å². The number of nitrogens with one attached hydrogen (secondary N) is 1. The third kappa shape index (κ3) is 4.45. The SMILES string of the molecule is COc1ccc(N(Cc2ccccc2)C(C)=O)c2sc(NC(=O)c3ccc(F)cc3)nc12. The van der Waals surface area contributed by atoms with Crippen molar-refractivity contribution in [2.24, 2.45) is 0 Å². The molecule has 0 radical (unpaired) electrons. The second-order valence-electron chi connectivity index (χ2n) is 7.04. The molecule has 1 N–H and O–H groups in total. The Hall–Kier alpha value is -3.78. The summed E-state index contributed by atoms with van der Waals surface area (Å²) in [5.41, 5.74) is 2.52. The van der Waals surface area contributed by atoms with Gasteiger partial charge in [0.2, 0.25) is 5.91 Å². The van der Waals surface area contributed by atoms with Crippen LogP contribution < -0.4 is 15.0 Å². The number of carbonyl (C=O) groups excluding carboxylic acids is 2. The number of rotatable bonds is 6. The second kappa shape index (κ2) is 9.15. The van der Waals surface area contributed by atoms with Crippen LogP contribution in [-0.4, -0.2) is 23.9 Å². The zero-order valence-electron chi connectivity index (χ0n) is 17.5. The highest BCUT2D eigenvalue weighted by atomic mass is 32.1. The number of hydrogen-bond donors (Lipinski definition) is 1. The fourth-order valence-corrected chi connectivity index (χ4v) is 4.30. The van der Waals surface area contributed by atoms with Gasteiger partial charge in [0, 0.05) is 12.5 Å². The molecule has 6 nitrogen and oxygen atoms in total. The first kappa shape index (κ1) is 21.5. The molecular formula is C24H20FN3O3S. The molecule has 4 aromatic rings. The maximum atomic E-state index is 13.2. The molecule has 3 aromatic carbocycles. The molecule has 0 unspecified atom stereocenters. The summed E-state index contributed by atoms with van der Waals surface area (Å²) in [6.07, 6.45) is 0. The van der Waals surface area contributed by atoms with Gasteiger partial charge in [-0.2, -0.15) is 0 Å². The van der Waals surface area contributed by atoms with Gasteiger partial charge in [0.25, 0.3) is 5.91 Å². The number of aromatic nitrogens is 1. The van der Waals surface area contributed by atoms with Crippen LogP contribution in [0.5, 0.6) is 5.75 Å². The molecule has 8 heteroatoms. The summed E-state index contributed by atoms with van der Waals surface area (Å²) in [4.78, 5) is 31.3. The van der Waals surface area contributed by atoms with Crippen LogP contribution in [0, 0.1) is 5.82 Å². The summed E-state index contributed by atoms with van der Waals surface area (Å²) in [5, 5.41) is 3.10. The van der Waals surface area contributed by atoms with E-state index in [2.05, 4.69) is 10.3 Å². The molecule has 4 rings (SSSR count). The predicted molar refractivity (Wildman–Crippen MR) is 124 cm³/mol. The molecule has 0 aliphatic rings. The van der Waals surface area contributed by atoms with Crippen molar-refractivity contribution in [1.82, 2.24) is 4.98 Å². The number of fused-ring (bicyclic) bond motifs is 1. The van der Waals surface area contributed by atoms with E-state index in [1.807, 2.05) is 36.4 Å². The van der Waals surface area contributed by atoms with Gasteiger partial charge >= 0.3 is 0 Å². The average Bonchev–Trinajstić information content (AvgIpc) is 3.21. The summed E-state index contributed by atoms with van der Waals surface area (Å²) >= 11 is 1.24. The Morgan fingerprint density at radius 1 is 1.06 bits per heavy atom. The molecule has 0 aliphatic heterocycles. The van der Waals surface area contributed by atoms with E-state index >= 15 is 0 Å². The van der Waals surface area contributed by atoms with Crippen molar-refractivity contribution in [3.63, 3.8) is 0 Å². The predicted octanol–water partition coefficient (Wildman–Crippen LogP) is 5.25. The lowest BCUT2D eigenvalue weighted by molar-refractivity contribution is -0.116. The maximum absolute atomic E-state index is 13.2. The second-order valence-corrected chi connectivity index (χ2v) is 8.03. The number of benzene rings is 3. The van der Waals surface area contributed by atoms with Crippen molar-refractivity contribution in [3.8, 4) is 5.75 Å². The number of methoxy groups -OCH3 is 1. The number of carbonyl (C=O) groups is 2. The van der Waals surface area contributed by atoms with Crippen molar-refractivity contribution in [1.29, 1.82) is 0 Å². The van der Waals surface area contributed by atoms with Crippen molar-refractivity contribution in [2.45, 2.75) is 13.5 Å². The number of anilines is 2. The molecule has 0 bridgehead atoms. The lowest BCUT2D eigenvalue weighted by Crippen LogP contribution is -2.27. The first-order chi connectivity index (χ1) is 15.5. The standard InChI is InChI=1S/C24H20FN3O3S/c1-15(29)28(14-16-6-4-3-5-7-16)19-12-13-20(31-2)21-22(19)32-24(26-21)27-23(30)17-8-10-18(25)11-9-17/h3-13H,14H2,1-2H3,(H,26,27,30). The van der Waals surface area contributed by atoms with E-state index in [0.29, 0.717) is 38.9 Å². The third-order valence-corrected chi connectivity index (χ3v) is 5.88. The van der Waals surface area contributed by atoms with Crippen molar-refractivity contribution in [3.05, 3.63) is 83.7 Å². The van der Waals surface area contributed by atoms with Gasteiger partial charge in [-0.15, -0.1) is 0 Å². The summed E-state index contributed by atoms with van der Waals surface area (Å²) in [6.45, 7) is 1.91. The largest absolute Gasteiger partial charge is 0.494 e. The van der Waals surface area contributed by atoms with Gasteiger partial charge in [-0.1, -0.05) is 41.7 Å². The molecule has 1 heterocycles. The molecule has 0 aliphatic carbocycles. The lowest BCUT2D eigenvalue weighted by atomic mass is 10.2. The summed E-state index contributed by atoms with van der Waals surface area (Å²) < 4.78 is 19.3. The molecule has 2 amide bonds. The van der Waals surface area contributed by atoms with Crippen LogP contribution in [0.3, 0.4) is 0 Å². The van der Waals surface area contributed by atoms with Crippen LogP contribution in [0.1, 0.15) is 22.8 Å². The Kier molecular flexibility index (Phi) is 6.13. The Balaban J connectivity index is 1.72. The van der Waals surface area contributed by atoms with Crippen LogP contribution in [0.15, 0.2) is 66.7 Å². The van der Waals surface area contributed by atoms with E-state index in [9.17, 15) is 14.0 Å². The van der Waals surface area contributed by atoms with Crippen molar-refractivity contribution in [2.75, 3.05) is 17.3 Å². The van der Waals surface area contributed by atoms with Gasteiger partial charge < -0.3 is 9.64 Å². The summed E-state index contributed by atoms with van der Waals surface area (Å²) in [6, 6.07) is 18.5. The highest BCUT2D eigenvalue weighted by Gasteiger charge is 2.21. The van der Waals surface area contributed by atoms with Gasteiger partial charge in [0.15, 0.2) is 5.13 Å². The van der Waals surface area contributed by atoms with Gasteiger partial charge in [-0.3, -0.25) is 14.9 Å². The van der Waals surface area contributed by atoms with E-state index in [1.165, 1.54) is 49.6 Å². The topological polar surface area (TPSA) is 71.5 Å². The number of nitrogens with zero attached hydrogens (tertiary/aromatic N) is 2. The Morgan fingerprint density at radius 3 is 2.44 bits per heavy atom. The molecule has 1 aromatic heterocycles. The summed E-state index contributed by atoms with van der Waals surface area (Å²) in [7, 11) is 1.54. The molecular weight excluding hydrogens is 429 g/mol. The first-order valence-corrected chi connectivity index (χ1v) is 10.6. The molecule has 0 fully saturated rings. The van der Waals surface area contributed by atoms with E-state index in [4.69, 9.17) is 4.74 Å². The summed E-state index contributed by atoms with van der Waals surface area (Å²) in [5.74, 6) is -0.410. The first-order valence-electron chi connectivity index (χ1n) is 9.82. The Bertz CT molecular complexity index is 1270. The van der Waals surface area contributed by atoms with Crippen LogP contribution in [0.2, 0.25) is 0 Å². The molecule has 0 saturated carbocycles. The zero-order valence-corrected chi connectivity index (χ0v) is 18.3. The molecule has 0 atom stereocenters. The van der Waals surface area contributed by atoms with Crippen LogP contribution in [0.4, 0.5) is 15.2 Å². The highest BCUT2D eigenvalue weighted by Crippen LogP contribution is 2.40. The zero-order chi connectivity index (χ0) is 22.7. The number of halogens is 1.